The Kier molecular flexibility index (Phi) is 2.08. The largest absolute Gasteiger partial charge is 0.336 e. The van der Waals surface area contributed by atoms with Gasteiger partial charge in [0.15, 0.2) is 5.65 Å². The molecule has 0 fully saturated rings. The fraction of sp³-hybridized carbons (Fsp3) is 0. The van der Waals surface area contributed by atoms with E-state index in [0.717, 1.165) is 11.1 Å². The molecule has 3 aromatic rings. The van der Waals surface area contributed by atoms with Gasteiger partial charge in [0.25, 0.3) is 0 Å². The van der Waals surface area contributed by atoms with Crippen LogP contribution in [0.1, 0.15) is 0 Å². The smallest absolute Gasteiger partial charge is 0.179 e. The summed E-state index contributed by atoms with van der Waals surface area (Å²) in [4.78, 5) is 11.4. The third-order valence-electron chi connectivity index (χ3n) is 2.16. The van der Waals surface area contributed by atoms with Crippen molar-refractivity contribution in [2.45, 2.75) is 0 Å². The molecule has 0 bridgehead atoms. The fourth-order valence-corrected chi connectivity index (χ4v) is 1.70. The Morgan fingerprint density at radius 1 is 1.19 bits per heavy atom. The topological polar surface area (TPSA) is 70.2 Å². The summed E-state index contributed by atoms with van der Waals surface area (Å²) in [6.45, 7) is 0. The highest BCUT2D eigenvalue weighted by molar-refractivity contribution is 6.41. The van der Waals surface area contributed by atoms with Crippen LogP contribution in [0, 0.1) is 0 Å². The molecule has 0 aliphatic carbocycles. The molecule has 2 N–H and O–H groups in total. The lowest BCUT2D eigenvalue weighted by molar-refractivity contribution is 1.09. The van der Waals surface area contributed by atoms with Gasteiger partial charge in [0.05, 0.1) is 22.3 Å². The molecule has 80 valence electrons. The van der Waals surface area contributed by atoms with Gasteiger partial charge in [0.1, 0.15) is 11.0 Å². The summed E-state index contributed by atoms with van der Waals surface area (Å²) >= 11 is 11.7. The van der Waals surface area contributed by atoms with E-state index in [4.69, 9.17) is 23.2 Å². The van der Waals surface area contributed by atoms with Crippen molar-refractivity contribution in [3.05, 3.63) is 28.6 Å². The first-order chi connectivity index (χ1) is 7.74. The Bertz CT molecular complexity index is 604. The molecule has 0 radical (unpaired) electrons. The highest BCUT2D eigenvalue weighted by atomic mass is 35.5. The summed E-state index contributed by atoms with van der Waals surface area (Å²) < 4.78 is 0. The summed E-state index contributed by atoms with van der Waals surface area (Å²) in [5, 5.41) is 7.21. The Hall–Kier alpha value is -1.59. The molecular weight excluding hydrogens is 249 g/mol. The first-order valence-electron chi connectivity index (χ1n) is 4.45. The first-order valence-corrected chi connectivity index (χ1v) is 5.20. The molecule has 3 rings (SSSR count). The van der Waals surface area contributed by atoms with Gasteiger partial charge < -0.3 is 4.98 Å². The second kappa shape index (κ2) is 3.47. The van der Waals surface area contributed by atoms with Crippen molar-refractivity contribution >= 4 is 34.4 Å². The Labute approximate surface area is 99.8 Å². The number of aromatic nitrogens is 5. The second-order valence-electron chi connectivity index (χ2n) is 3.20. The van der Waals surface area contributed by atoms with Crippen molar-refractivity contribution in [3.8, 4) is 11.4 Å². The van der Waals surface area contributed by atoms with Crippen molar-refractivity contribution in [1.82, 2.24) is 25.1 Å². The van der Waals surface area contributed by atoms with Crippen LogP contribution in [0.5, 0.6) is 0 Å². The number of imidazole rings is 1. The number of fused-ring (bicyclic) bond motifs is 1. The van der Waals surface area contributed by atoms with E-state index in [9.17, 15) is 0 Å². The van der Waals surface area contributed by atoms with E-state index < -0.39 is 0 Å². The predicted octanol–water partition coefficient (Wildman–Crippen LogP) is 2.65. The number of rotatable bonds is 1. The quantitative estimate of drug-likeness (QED) is 0.656. The van der Waals surface area contributed by atoms with Gasteiger partial charge in [-0.25, -0.2) is 9.97 Å². The van der Waals surface area contributed by atoms with E-state index >= 15 is 0 Å². The molecule has 3 aromatic heterocycles. The molecule has 7 heteroatoms. The average Bonchev–Trinajstić information content (AvgIpc) is 2.86. The minimum absolute atomic E-state index is 0.249. The number of nitrogens with one attached hydrogen (secondary N) is 2. The summed E-state index contributed by atoms with van der Waals surface area (Å²) in [6.07, 6.45) is 3.40. The zero-order valence-corrected chi connectivity index (χ0v) is 9.34. The van der Waals surface area contributed by atoms with E-state index in [0.29, 0.717) is 16.5 Å². The summed E-state index contributed by atoms with van der Waals surface area (Å²) in [6, 6.07) is 1.70. The van der Waals surface area contributed by atoms with E-state index in [1.807, 2.05) is 0 Å². The minimum atomic E-state index is 0.249. The number of halogens is 2. The van der Waals surface area contributed by atoms with Gasteiger partial charge in [-0.3, -0.25) is 5.10 Å². The molecule has 0 saturated heterocycles. The van der Waals surface area contributed by atoms with E-state index in [1.54, 1.807) is 18.5 Å². The van der Waals surface area contributed by atoms with Crippen LogP contribution in [0.4, 0.5) is 0 Å². The third-order valence-corrected chi connectivity index (χ3v) is 2.83. The van der Waals surface area contributed by atoms with Crippen LogP contribution in [0.2, 0.25) is 10.2 Å². The van der Waals surface area contributed by atoms with Gasteiger partial charge in [-0.05, 0) is 6.07 Å². The summed E-state index contributed by atoms with van der Waals surface area (Å²) in [5.74, 6) is 0.676. The standard InChI is InChI=1S/C9H5Cl2N5/c10-5-1-6-9(15-7(5)11)16-8(14-6)4-2-12-13-3-4/h1-3H,(H,12,13)(H,14,15,16). The second-order valence-corrected chi connectivity index (χ2v) is 3.97. The summed E-state index contributed by atoms with van der Waals surface area (Å²) in [7, 11) is 0. The van der Waals surface area contributed by atoms with Crippen molar-refractivity contribution in [3.63, 3.8) is 0 Å². The normalized spacial score (nSPS) is 11.1. The zero-order valence-electron chi connectivity index (χ0n) is 7.83. The molecule has 0 amide bonds. The molecular formula is C9H5Cl2N5. The Balaban J connectivity index is 2.23. The lowest BCUT2D eigenvalue weighted by Crippen LogP contribution is -1.79. The molecule has 16 heavy (non-hydrogen) atoms. The number of nitrogens with zero attached hydrogens (tertiary/aromatic N) is 3. The van der Waals surface area contributed by atoms with E-state index in [2.05, 4.69) is 25.1 Å². The highest BCUT2D eigenvalue weighted by Gasteiger charge is 2.09. The number of aromatic amines is 2. The van der Waals surface area contributed by atoms with Gasteiger partial charge in [0, 0.05) is 6.20 Å². The van der Waals surface area contributed by atoms with Crippen molar-refractivity contribution in [2.75, 3.05) is 0 Å². The molecule has 0 aliphatic heterocycles. The SMILES string of the molecule is Clc1cc2[nH]c(-c3cn[nH]c3)nc2nc1Cl. The third kappa shape index (κ3) is 1.45. The lowest BCUT2D eigenvalue weighted by atomic mass is 10.3. The van der Waals surface area contributed by atoms with Crippen LogP contribution in [0.25, 0.3) is 22.6 Å². The summed E-state index contributed by atoms with van der Waals surface area (Å²) in [5.41, 5.74) is 2.13. The fourth-order valence-electron chi connectivity index (χ4n) is 1.41. The molecule has 0 spiro atoms. The maximum absolute atomic E-state index is 5.86. The van der Waals surface area contributed by atoms with Gasteiger partial charge in [0.2, 0.25) is 0 Å². The average molecular weight is 254 g/mol. The monoisotopic (exact) mass is 253 g/mol. The first kappa shape index (κ1) is 9.62. The number of pyridine rings is 1. The zero-order chi connectivity index (χ0) is 11.1. The molecule has 0 aliphatic rings. The van der Waals surface area contributed by atoms with Gasteiger partial charge in [-0.15, -0.1) is 0 Å². The Morgan fingerprint density at radius 3 is 2.81 bits per heavy atom. The van der Waals surface area contributed by atoms with Crippen LogP contribution in [-0.4, -0.2) is 25.1 Å². The van der Waals surface area contributed by atoms with Crippen molar-refractivity contribution in [2.24, 2.45) is 0 Å². The lowest BCUT2D eigenvalue weighted by Gasteiger charge is -1.92. The van der Waals surface area contributed by atoms with Crippen molar-refractivity contribution < 1.29 is 0 Å². The minimum Gasteiger partial charge on any atom is -0.336 e. The molecule has 0 atom stereocenters. The van der Waals surface area contributed by atoms with Crippen LogP contribution < -0.4 is 0 Å². The van der Waals surface area contributed by atoms with Crippen molar-refractivity contribution in [1.29, 1.82) is 0 Å². The van der Waals surface area contributed by atoms with E-state index in [1.165, 1.54) is 0 Å². The molecule has 0 aromatic carbocycles. The molecule has 0 unspecified atom stereocenters. The van der Waals surface area contributed by atoms with Gasteiger partial charge in [-0.2, -0.15) is 5.10 Å². The maximum Gasteiger partial charge on any atom is 0.179 e. The molecule has 5 nitrogen and oxygen atoms in total. The molecule has 3 heterocycles. The molecule has 0 saturated carbocycles. The number of H-pyrrole nitrogens is 2. The maximum atomic E-state index is 5.86. The van der Waals surface area contributed by atoms with Crippen LogP contribution in [0.15, 0.2) is 18.5 Å². The highest BCUT2D eigenvalue weighted by Crippen LogP contribution is 2.25. The Morgan fingerprint density at radius 2 is 2.06 bits per heavy atom. The van der Waals surface area contributed by atoms with Gasteiger partial charge in [-0.1, -0.05) is 23.2 Å². The predicted molar refractivity (Wildman–Crippen MR) is 61.5 cm³/mol. The van der Waals surface area contributed by atoms with Crippen LogP contribution in [0.3, 0.4) is 0 Å². The van der Waals surface area contributed by atoms with Crippen LogP contribution in [-0.2, 0) is 0 Å². The number of hydrogen-bond acceptors (Lipinski definition) is 3. The van der Waals surface area contributed by atoms with E-state index in [-0.39, 0.29) is 5.15 Å². The number of hydrogen-bond donors (Lipinski definition) is 2. The van der Waals surface area contributed by atoms with Crippen LogP contribution >= 0.6 is 23.2 Å². The van der Waals surface area contributed by atoms with Gasteiger partial charge >= 0.3 is 0 Å².